The molecule has 3 nitrogen and oxygen atoms in total. The van der Waals surface area contributed by atoms with E-state index in [4.69, 9.17) is 16.3 Å². The maximum absolute atomic E-state index is 14.4. The number of benzene rings is 2. The van der Waals surface area contributed by atoms with Crippen LogP contribution in [0.25, 0.3) is 6.08 Å². The van der Waals surface area contributed by atoms with Crippen LogP contribution in [0, 0.1) is 11.7 Å². The number of halogens is 2. The summed E-state index contributed by atoms with van der Waals surface area (Å²) in [4.78, 5) is 2.01. The van der Waals surface area contributed by atoms with Crippen molar-refractivity contribution in [2.24, 2.45) is 5.92 Å². The van der Waals surface area contributed by atoms with Gasteiger partial charge in [0, 0.05) is 29.5 Å². The number of hydrogen-bond acceptors (Lipinski definition) is 3. The Morgan fingerprint density at radius 2 is 1.89 bits per heavy atom. The lowest BCUT2D eigenvalue weighted by atomic mass is 9.77. The normalized spacial score (nSPS) is 15.4. The van der Waals surface area contributed by atoms with Crippen LogP contribution in [0.3, 0.4) is 0 Å². The summed E-state index contributed by atoms with van der Waals surface area (Å²) < 4.78 is 19.6. The average molecular weight is 406 g/mol. The van der Waals surface area contributed by atoms with Gasteiger partial charge in [-0.3, -0.25) is 0 Å². The summed E-state index contributed by atoms with van der Waals surface area (Å²) in [5.41, 5.74) is 0.773. The summed E-state index contributed by atoms with van der Waals surface area (Å²) in [7, 11) is 5.53. The Labute approximate surface area is 172 Å². The summed E-state index contributed by atoms with van der Waals surface area (Å²) in [6, 6.07) is 12.2. The van der Waals surface area contributed by atoms with Crippen LogP contribution in [-0.2, 0) is 6.42 Å². The predicted octanol–water partition coefficient (Wildman–Crippen LogP) is 5.06. The third-order valence-corrected chi connectivity index (χ3v) is 5.50. The number of methoxy groups -OCH3 is 1. The van der Waals surface area contributed by atoms with Crippen LogP contribution in [0.15, 0.2) is 48.0 Å². The summed E-state index contributed by atoms with van der Waals surface area (Å²) in [6.07, 6.45) is 2.03. The second kappa shape index (κ2) is 9.55. The third kappa shape index (κ3) is 5.34. The average Bonchev–Trinajstić information content (AvgIpc) is 2.64. The van der Waals surface area contributed by atoms with E-state index >= 15 is 0 Å². The Balaban J connectivity index is 2.45. The van der Waals surface area contributed by atoms with Crippen molar-refractivity contribution < 1.29 is 14.2 Å². The number of rotatable bonds is 8. The topological polar surface area (TPSA) is 32.7 Å². The molecule has 0 aliphatic rings. The largest absolute Gasteiger partial charge is 0.497 e. The van der Waals surface area contributed by atoms with E-state index in [0.717, 1.165) is 16.9 Å². The molecule has 0 fully saturated rings. The first kappa shape index (κ1) is 22.4. The van der Waals surface area contributed by atoms with Gasteiger partial charge < -0.3 is 14.7 Å². The zero-order valence-electron chi connectivity index (χ0n) is 17.2. The fourth-order valence-electron chi connectivity index (χ4n) is 3.45. The van der Waals surface area contributed by atoms with Crippen LogP contribution in [0.5, 0.6) is 5.75 Å². The Bertz CT molecular complexity index is 800. The van der Waals surface area contributed by atoms with Crippen molar-refractivity contribution in [1.29, 1.82) is 0 Å². The van der Waals surface area contributed by atoms with Gasteiger partial charge in [-0.25, -0.2) is 4.39 Å². The van der Waals surface area contributed by atoms with Crippen molar-refractivity contribution >= 4 is 17.7 Å². The van der Waals surface area contributed by atoms with E-state index in [2.05, 4.69) is 0 Å². The van der Waals surface area contributed by atoms with E-state index in [9.17, 15) is 9.50 Å². The van der Waals surface area contributed by atoms with Crippen LogP contribution in [0.1, 0.15) is 25.0 Å². The zero-order valence-corrected chi connectivity index (χ0v) is 17.9. The van der Waals surface area contributed by atoms with Gasteiger partial charge in [-0.15, -0.1) is 0 Å². The minimum Gasteiger partial charge on any atom is -0.497 e. The van der Waals surface area contributed by atoms with Gasteiger partial charge in [0.25, 0.3) is 0 Å². The molecular weight excluding hydrogens is 377 g/mol. The molecule has 2 aromatic carbocycles. The smallest absolute Gasteiger partial charge is 0.128 e. The zero-order chi connectivity index (χ0) is 20.9. The Kier molecular flexibility index (Phi) is 7.64. The van der Waals surface area contributed by atoms with E-state index in [1.54, 1.807) is 19.2 Å². The molecule has 28 heavy (non-hydrogen) atoms. The number of ether oxygens (including phenoxy) is 1. The standard InChI is InChI=1S/C23H29ClFNO2/c1-16(13-18-9-11-19(28-5)12-10-18)23(27,17(2)15-26(3)4)14-20-21(24)7-6-8-22(20)25/h6-13,17,27H,14-15H2,1-5H3. The molecular formula is C23H29ClFNO2. The minimum atomic E-state index is -1.25. The quantitative estimate of drug-likeness (QED) is 0.666. The fourth-order valence-corrected chi connectivity index (χ4v) is 3.68. The highest BCUT2D eigenvalue weighted by molar-refractivity contribution is 6.31. The molecule has 1 N–H and O–H groups in total. The van der Waals surface area contributed by atoms with Gasteiger partial charge in [-0.2, -0.15) is 0 Å². The molecule has 0 aromatic heterocycles. The molecule has 0 aliphatic heterocycles. The number of nitrogens with zero attached hydrogens (tertiary/aromatic N) is 1. The van der Waals surface area contributed by atoms with Gasteiger partial charge in [0.2, 0.25) is 0 Å². The molecule has 152 valence electrons. The van der Waals surface area contributed by atoms with E-state index in [-0.39, 0.29) is 12.3 Å². The molecule has 0 saturated carbocycles. The monoisotopic (exact) mass is 405 g/mol. The Morgan fingerprint density at radius 1 is 1.25 bits per heavy atom. The van der Waals surface area contributed by atoms with Crippen LogP contribution in [0.4, 0.5) is 4.39 Å². The van der Waals surface area contributed by atoms with Crippen molar-refractivity contribution in [3.8, 4) is 5.75 Å². The fraction of sp³-hybridized carbons (Fsp3) is 0.391. The molecule has 2 aromatic rings. The van der Waals surface area contributed by atoms with Crippen LogP contribution in [0.2, 0.25) is 5.02 Å². The van der Waals surface area contributed by atoms with Crippen LogP contribution >= 0.6 is 11.6 Å². The van der Waals surface area contributed by atoms with E-state index in [1.807, 2.05) is 63.2 Å². The first-order valence-corrected chi connectivity index (χ1v) is 9.68. The third-order valence-electron chi connectivity index (χ3n) is 5.14. The maximum atomic E-state index is 14.4. The lowest BCUT2D eigenvalue weighted by Gasteiger charge is -2.37. The first-order chi connectivity index (χ1) is 13.2. The second-order valence-electron chi connectivity index (χ2n) is 7.57. The molecule has 2 unspecified atom stereocenters. The van der Waals surface area contributed by atoms with Crippen LogP contribution < -0.4 is 4.74 Å². The Hall–Kier alpha value is -1.88. The molecule has 0 radical (unpaired) electrons. The van der Waals surface area contributed by atoms with Crippen molar-refractivity contribution in [2.75, 3.05) is 27.7 Å². The van der Waals surface area contributed by atoms with Crippen LogP contribution in [-0.4, -0.2) is 43.4 Å². The van der Waals surface area contributed by atoms with Crippen molar-refractivity contribution in [3.05, 3.63) is 70.0 Å². The highest BCUT2D eigenvalue weighted by Crippen LogP contribution is 2.35. The molecule has 0 heterocycles. The van der Waals surface area contributed by atoms with Crippen molar-refractivity contribution in [1.82, 2.24) is 4.90 Å². The van der Waals surface area contributed by atoms with Gasteiger partial charge in [0.15, 0.2) is 0 Å². The minimum absolute atomic E-state index is 0.103. The molecule has 2 atom stereocenters. The Morgan fingerprint density at radius 3 is 2.43 bits per heavy atom. The number of aliphatic hydroxyl groups is 1. The molecule has 5 heteroatoms. The molecule has 2 rings (SSSR count). The van der Waals surface area contributed by atoms with Crippen molar-refractivity contribution in [3.63, 3.8) is 0 Å². The molecule has 0 spiro atoms. The summed E-state index contributed by atoms with van der Waals surface area (Å²) in [6.45, 7) is 4.50. The molecule has 0 saturated heterocycles. The lowest BCUT2D eigenvalue weighted by molar-refractivity contribution is 0.0143. The summed E-state index contributed by atoms with van der Waals surface area (Å²) in [5.74, 6) is 0.220. The molecule has 0 aliphatic carbocycles. The predicted molar refractivity (Wildman–Crippen MR) is 114 cm³/mol. The van der Waals surface area contributed by atoms with E-state index < -0.39 is 11.4 Å². The maximum Gasteiger partial charge on any atom is 0.128 e. The summed E-state index contributed by atoms with van der Waals surface area (Å²) >= 11 is 6.25. The highest BCUT2D eigenvalue weighted by Gasteiger charge is 2.37. The van der Waals surface area contributed by atoms with Gasteiger partial charge in [0.05, 0.1) is 12.7 Å². The van der Waals surface area contributed by atoms with Gasteiger partial charge in [0.1, 0.15) is 11.6 Å². The molecule has 0 bridgehead atoms. The van der Waals surface area contributed by atoms with Gasteiger partial charge in [-0.1, -0.05) is 42.8 Å². The number of hydrogen-bond donors (Lipinski definition) is 1. The van der Waals surface area contributed by atoms with Gasteiger partial charge >= 0.3 is 0 Å². The van der Waals surface area contributed by atoms with E-state index in [0.29, 0.717) is 17.1 Å². The first-order valence-electron chi connectivity index (χ1n) is 9.30. The highest BCUT2D eigenvalue weighted by atomic mass is 35.5. The summed E-state index contributed by atoms with van der Waals surface area (Å²) in [5, 5.41) is 12.0. The van der Waals surface area contributed by atoms with E-state index in [1.165, 1.54) is 6.07 Å². The SMILES string of the molecule is COc1ccc(C=C(C)C(O)(Cc2c(F)cccc2Cl)C(C)CN(C)C)cc1. The van der Waals surface area contributed by atoms with Crippen molar-refractivity contribution in [2.45, 2.75) is 25.9 Å². The second-order valence-corrected chi connectivity index (χ2v) is 7.97. The molecule has 0 amide bonds. The lowest BCUT2D eigenvalue weighted by Crippen LogP contribution is -2.44. The van der Waals surface area contributed by atoms with Gasteiger partial charge in [-0.05, 0) is 56.4 Å².